The number of ether oxygens (including phenoxy) is 2. The Bertz CT molecular complexity index is 701. The van der Waals surface area contributed by atoms with E-state index in [1.165, 1.54) is 6.07 Å². The number of aryl methyl sites for hydroxylation is 2. The molecule has 0 aliphatic rings. The normalized spacial score (nSPS) is 10.3. The van der Waals surface area contributed by atoms with Crippen molar-refractivity contribution >= 4 is 11.6 Å². The Balaban J connectivity index is 2.00. The summed E-state index contributed by atoms with van der Waals surface area (Å²) in [5, 5.41) is 2.70. The molecule has 4 nitrogen and oxygen atoms in total. The molecule has 2 rings (SSSR count). The molecule has 0 aliphatic carbocycles. The number of halogens is 1. The van der Waals surface area contributed by atoms with Crippen molar-refractivity contribution in [3.63, 3.8) is 0 Å². The summed E-state index contributed by atoms with van der Waals surface area (Å²) < 4.78 is 24.1. The highest BCUT2D eigenvalue weighted by Gasteiger charge is 2.11. The van der Waals surface area contributed by atoms with Gasteiger partial charge in [0.05, 0.1) is 14.2 Å². The lowest BCUT2D eigenvalue weighted by molar-refractivity contribution is -0.116. The highest BCUT2D eigenvalue weighted by Crippen LogP contribution is 2.31. The summed E-state index contributed by atoms with van der Waals surface area (Å²) in [5.74, 6) is 0.741. The van der Waals surface area contributed by atoms with Crippen LogP contribution >= 0.6 is 0 Å². The smallest absolute Gasteiger partial charge is 0.224 e. The van der Waals surface area contributed by atoms with Crippen molar-refractivity contribution in [3.05, 3.63) is 53.3 Å². The number of methoxy groups -OCH3 is 2. The van der Waals surface area contributed by atoms with Gasteiger partial charge in [0.1, 0.15) is 5.82 Å². The number of carbonyl (C=O) groups is 1. The first kappa shape index (κ1) is 16.8. The Kier molecular flexibility index (Phi) is 5.57. The quantitative estimate of drug-likeness (QED) is 0.883. The van der Waals surface area contributed by atoms with Crippen LogP contribution in [-0.2, 0) is 11.2 Å². The third kappa shape index (κ3) is 4.22. The van der Waals surface area contributed by atoms with Crippen LogP contribution in [0.15, 0.2) is 36.4 Å². The lowest BCUT2D eigenvalue weighted by Gasteiger charge is -2.12. The number of rotatable bonds is 6. The molecule has 5 heteroatoms. The van der Waals surface area contributed by atoms with Crippen LogP contribution in [0, 0.1) is 12.7 Å². The molecule has 0 heterocycles. The second-order valence-corrected chi connectivity index (χ2v) is 5.16. The van der Waals surface area contributed by atoms with Crippen LogP contribution in [0.4, 0.5) is 10.1 Å². The molecule has 0 saturated carbocycles. The van der Waals surface area contributed by atoms with Gasteiger partial charge in [0.2, 0.25) is 5.91 Å². The van der Waals surface area contributed by atoms with Crippen molar-refractivity contribution in [1.82, 2.24) is 0 Å². The number of benzene rings is 2. The van der Waals surface area contributed by atoms with Crippen LogP contribution in [-0.4, -0.2) is 20.1 Å². The van der Waals surface area contributed by atoms with Crippen LogP contribution in [0.2, 0.25) is 0 Å². The first-order valence-corrected chi connectivity index (χ1v) is 7.31. The van der Waals surface area contributed by atoms with Gasteiger partial charge in [-0.25, -0.2) is 4.39 Å². The molecule has 0 spiro atoms. The molecule has 0 aliphatic heterocycles. The Hall–Kier alpha value is -2.56. The van der Waals surface area contributed by atoms with Crippen molar-refractivity contribution < 1.29 is 18.7 Å². The highest BCUT2D eigenvalue weighted by molar-refractivity contribution is 5.90. The first-order valence-electron chi connectivity index (χ1n) is 7.31. The van der Waals surface area contributed by atoms with Crippen LogP contribution in [0.1, 0.15) is 17.5 Å². The van der Waals surface area contributed by atoms with Gasteiger partial charge in [-0.05, 0) is 42.7 Å². The monoisotopic (exact) mass is 317 g/mol. The largest absolute Gasteiger partial charge is 0.493 e. The number of para-hydroxylation sites is 1. The zero-order valence-corrected chi connectivity index (χ0v) is 13.5. The fourth-order valence-corrected chi connectivity index (χ4v) is 2.29. The molecule has 0 bridgehead atoms. The van der Waals surface area contributed by atoms with Gasteiger partial charge >= 0.3 is 0 Å². The molecule has 122 valence electrons. The van der Waals surface area contributed by atoms with E-state index >= 15 is 0 Å². The van der Waals surface area contributed by atoms with Crippen LogP contribution < -0.4 is 14.8 Å². The van der Waals surface area contributed by atoms with Crippen LogP contribution in [0.25, 0.3) is 0 Å². The summed E-state index contributed by atoms with van der Waals surface area (Å²) >= 11 is 0. The Morgan fingerprint density at radius 2 is 1.96 bits per heavy atom. The Morgan fingerprint density at radius 1 is 1.17 bits per heavy atom. The third-order valence-electron chi connectivity index (χ3n) is 3.56. The molecular formula is C18H20FNO3. The van der Waals surface area contributed by atoms with Gasteiger partial charge < -0.3 is 14.8 Å². The molecule has 0 saturated heterocycles. The van der Waals surface area contributed by atoms with Crippen molar-refractivity contribution in [2.45, 2.75) is 19.8 Å². The first-order chi connectivity index (χ1) is 11.0. The van der Waals surface area contributed by atoms with E-state index in [1.807, 2.05) is 12.1 Å². The number of anilines is 1. The Morgan fingerprint density at radius 3 is 2.61 bits per heavy atom. The molecule has 2 aromatic carbocycles. The number of hydrogen-bond donors (Lipinski definition) is 1. The van der Waals surface area contributed by atoms with Crippen LogP contribution in [0.5, 0.6) is 11.5 Å². The second kappa shape index (κ2) is 7.63. The molecule has 1 N–H and O–H groups in total. The van der Waals surface area contributed by atoms with E-state index in [9.17, 15) is 9.18 Å². The maximum Gasteiger partial charge on any atom is 0.224 e. The van der Waals surface area contributed by atoms with Crippen molar-refractivity contribution in [3.8, 4) is 11.5 Å². The van der Waals surface area contributed by atoms with Gasteiger partial charge in [-0.1, -0.05) is 18.2 Å². The molecular weight excluding hydrogens is 297 g/mol. The predicted octanol–water partition coefficient (Wildman–Crippen LogP) is 3.72. The molecule has 2 aromatic rings. The summed E-state index contributed by atoms with van der Waals surface area (Å²) in [6, 6.07) is 10.2. The van der Waals surface area contributed by atoms with E-state index < -0.39 is 0 Å². The lowest BCUT2D eigenvalue weighted by Crippen LogP contribution is -2.13. The summed E-state index contributed by atoms with van der Waals surface area (Å²) in [5.41, 5.74) is 1.89. The van der Waals surface area contributed by atoms with E-state index in [4.69, 9.17) is 9.47 Å². The zero-order chi connectivity index (χ0) is 16.8. The van der Waals surface area contributed by atoms with Gasteiger partial charge in [-0.2, -0.15) is 0 Å². The van der Waals surface area contributed by atoms with Crippen molar-refractivity contribution in [2.75, 3.05) is 19.5 Å². The highest BCUT2D eigenvalue weighted by atomic mass is 19.1. The molecule has 0 fully saturated rings. The van der Waals surface area contributed by atoms with Gasteiger partial charge in [-0.15, -0.1) is 0 Å². The van der Waals surface area contributed by atoms with Gasteiger partial charge in [-0.3, -0.25) is 4.79 Å². The topological polar surface area (TPSA) is 47.6 Å². The average Bonchev–Trinajstić information content (AvgIpc) is 2.55. The standard InChI is InChI=1S/C18H20FNO3/c1-12-7-9-14(11-15(12)19)20-17(21)10-8-13-5-4-6-16(22-2)18(13)23-3/h4-7,9,11H,8,10H2,1-3H3,(H,20,21). The van der Waals surface area contributed by atoms with Crippen molar-refractivity contribution in [1.29, 1.82) is 0 Å². The summed E-state index contributed by atoms with van der Waals surface area (Å²) in [7, 11) is 3.14. The zero-order valence-electron chi connectivity index (χ0n) is 13.5. The molecule has 0 atom stereocenters. The predicted molar refractivity (Wildman–Crippen MR) is 87.6 cm³/mol. The minimum absolute atomic E-state index is 0.182. The van der Waals surface area contributed by atoms with E-state index in [-0.39, 0.29) is 18.1 Å². The number of amides is 1. The molecule has 23 heavy (non-hydrogen) atoms. The number of hydrogen-bond acceptors (Lipinski definition) is 3. The van der Waals surface area contributed by atoms with Crippen LogP contribution in [0.3, 0.4) is 0 Å². The number of carbonyl (C=O) groups excluding carboxylic acids is 1. The molecule has 0 radical (unpaired) electrons. The van der Waals surface area contributed by atoms with Crippen molar-refractivity contribution in [2.24, 2.45) is 0 Å². The Labute approximate surface area is 135 Å². The summed E-state index contributed by atoms with van der Waals surface area (Å²) in [6.45, 7) is 1.68. The fraction of sp³-hybridized carbons (Fsp3) is 0.278. The van der Waals surface area contributed by atoms with Gasteiger partial charge in [0.25, 0.3) is 0 Å². The SMILES string of the molecule is COc1cccc(CCC(=O)Nc2ccc(C)c(F)c2)c1OC. The summed E-state index contributed by atoms with van der Waals surface area (Å²) in [6.07, 6.45) is 0.763. The van der Waals surface area contributed by atoms with E-state index in [0.717, 1.165) is 5.56 Å². The minimum Gasteiger partial charge on any atom is -0.493 e. The number of nitrogens with one attached hydrogen (secondary N) is 1. The fourth-order valence-electron chi connectivity index (χ4n) is 2.29. The summed E-state index contributed by atoms with van der Waals surface area (Å²) in [4.78, 5) is 12.0. The molecule has 0 aromatic heterocycles. The molecule has 1 amide bonds. The van der Waals surface area contributed by atoms with Gasteiger partial charge in [0, 0.05) is 12.1 Å². The van der Waals surface area contributed by atoms with E-state index in [1.54, 1.807) is 39.3 Å². The maximum atomic E-state index is 13.5. The third-order valence-corrected chi connectivity index (χ3v) is 3.56. The van der Waals surface area contributed by atoms with E-state index in [0.29, 0.717) is 29.2 Å². The van der Waals surface area contributed by atoms with Gasteiger partial charge in [0.15, 0.2) is 11.5 Å². The molecule has 0 unspecified atom stereocenters. The second-order valence-electron chi connectivity index (χ2n) is 5.16. The minimum atomic E-state index is -0.336. The lowest BCUT2D eigenvalue weighted by atomic mass is 10.1. The van der Waals surface area contributed by atoms with E-state index in [2.05, 4.69) is 5.32 Å². The average molecular weight is 317 g/mol. The maximum absolute atomic E-state index is 13.5.